The summed E-state index contributed by atoms with van der Waals surface area (Å²) < 4.78 is 0. The molecule has 1 aromatic heterocycles. The summed E-state index contributed by atoms with van der Waals surface area (Å²) >= 11 is 1.51. The van der Waals surface area contributed by atoms with Gasteiger partial charge in [0.05, 0.1) is 12.2 Å². The molecule has 100 valence electrons. The van der Waals surface area contributed by atoms with E-state index in [1.165, 1.54) is 11.3 Å². The lowest BCUT2D eigenvalue weighted by molar-refractivity contribution is 0.0599. The number of urea groups is 1. The summed E-state index contributed by atoms with van der Waals surface area (Å²) in [4.78, 5) is 11.7. The van der Waals surface area contributed by atoms with E-state index in [-0.39, 0.29) is 12.6 Å². The molecule has 0 saturated carbocycles. The Kier molecular flexibility index (Phi) is 4.19. The fourth-order valence-electron chi connectivity index (χ4n) is 1.66. The van der Waals surface area contributed by atoms with Crippen molar-refractivity contribution < 1.29 is 9.90 Å². The maximum atomic E-state index is 11.7. The zero-order chi connectivity index (χ0) is 13.7. The molecular formula is C14H16N2O2S. The summed E-state index contributed by atoms with van der Waals surface area (Å²) in [5.41, 5.74) is 0.431. The van der Waals surface area contributed by atoms with E-state index in [9.17, 15) is 9.90 Å². The fraction of sp³-hybridized carbons (Fsp3) is 0.214. The van der Waals surface area contributed by atoms with Crippen molar-refractivity contribution in [3.8, 4) is 0 Å². The molecule has 19 heavy (non-hydrogen) atoms. The molecule has 0 aliphatic heterocycles. The second kappa shape index (κ2) is 5.86. The highest BCUT2D eigenvalue weighted by molar-refractivity contribution is 7.08. The molecule has 2 rings (SSSR count). The Labute approximate surface area is 116 Å². The Bertz CT molecular complexity index is 524. The normalized spacial score (nSPS) is 13.6. The van der Waals surface area contributed by atoms with E-state index in [0.29, 0.717) is 0 Å². The predicted molar refractivity (Wildman–Crippen MR) is 77.4 cm³/mol. The number of hydrogen-bond donors (Lipinski definition) is 3. The highest BCUT2D eigenvalue weighted by Gasteiger charge is 2.23. The molecule has 0 radical (unpaired) electrons. The van der Waals surface area contributed by atoms with Gasteiger partial charge in [-0.25, -0.2) is 4.79 Å². The molecule has 0 aliphatic rings. The van der Waals surface area contributed by atoms with Crippen LogP contribution in [0.2, 0.25) is 0 Å². The average molecular weight is 276 g/mol. The molecule has 1 atom stereocenters. The average Bonchev–Trinajstić information content (AvgIpc) is 2.90. The van der Waals surface area contributed by atoms with Gasteiger partial charge in [-0.2, -0.15) is 11.3 Å². The van der Waals surface area contributed by atoms with Gasteiger partial charge < -0.3 is 15.7 Å². The molecule has 4 nitrogen and oxygen atoms in total. The van der Waals surface area contributed by atoms with Gasteiger partial charge in [0.25, 0.3) is 0 Å². The first kappa shape index (κ1) is 13.6. The third kappa shape index (κ3) is 3.81. The summed E-state index contributed by atoms with van der Waals surface area (Å²) in [5.74, 6) is 0. The Morgan fingerprint density at radius 2 is 2.05 bits per heavy atom. The molecular weight excluding hydrogens is 260 g/mol. The van der Waals surface area contributed by atoms with Crippen molar-refractivity contribution in [2.24, 2.45) is 0 Å². The number of thiophene rings is 1. The van der Waals surface area contributed by atoms with Gasteiger partial charge in [-0.3, -0.25) is 0 Å². The number of hydrogen-bond acceptors (Lipinski definition) is 3. The standard InChI is InChI=1S/C14H16N2O2S/c1-14(18,11-5-3-2-4-6-11)10-15-13(17)16-12-7-8-19-9-12/h2-9,18H,10H2,1H3,(H2,15,16,17). The molecule has 5 heteroatoms. The third-order valence-corrected chi connectivity index (χ3v) is 3.45. The predicted octanol–water partition coefficient (Wildman–Crippen LogP) is 2.78. The van der Waals surface area contributed by atoms with Crippen LogP contribution in [-0.2, 0) is 5.60 Å². The quantitative estimate of drug-likeness (QED) is 0.804. The SMILES string of the molecule is CC(O)(CNC(=O)Nc1ccsc1)c1ccccc1. The minimum absolute atomic E-state index is 0.146. The van der Waals surface area contributed by atoms with E-state index in [1.54, 1.807) is 6.92 Å². The van der Waals surface area contributed by atoms with Gasteiger partial charge in [0, 0.05) is 5.38 Å². The third-order valence-electron chi connectivity index (χ3n) is 2.77. The van der Waals surface area contributed by atoms with Gasteiger partial charge in [0.2, 0.25) is 0 Å². The lowest BCUT2D eigenvalue weighted by Crippen LogP contribution is -2.40. The van der Waals surface area contributed by atoms with E-state index in [4.69, 9.17) is 0 Å². The van der Waals surface area contributed by atoms with Crippen molar-refractivity contribution in [2.75, 3.05) is 11.9 Å². The van der Waals surface area contributed by atoms with Crippen LogP contribution in [0.4, 0.5) is 10.5 Å². The van der Waals surface area contributed by atoms with Gasteiger partial charge in [0.1, 0.15) is 5.60 Å². The number of rotatable bonds is 4. The highest BCUT2D eigenvalue weighted by Crippen LogP contribution is 2.19. The van der Waals surface area contributed by atoms with Gasteiger partial charge in [-0.05, 0) is 23.9 Å². The van der Waals surface area contributed by atoms with Crippen LogP contribution in [0.1, 0.15) is 12.5 Å². The zero-order valence-corrected chi connectivity index (χ0v) is 11.4. The van der Waals surface area contributed by atoms with Crippen molar-refractivity contribution in [1.29, 1.82) is 0 Å². The van der Waals surface area contributed by atoms with Gasteiger partial charge in [0.15, 0.2) is 0 Å². The fourth-order valence-corrected chi connectivity index (χ4v) is 2.25. The molecule has 2 aromatic rings. The number of benzene rings is 1. The minimum atomic E-state index is -1.09. The van der Waals surface area contributed by atoms with Crippen molar-refractivity contribution in [3.63, 3.8) is 0 Å². The van der Waals surface area contributed by atoms with Crippen LogP contribution in [0.5, 0.6) is 0 Å². The molecule has 1 heterocycles. The van der Waals surface area contributed by atoms with Crippen LogP contribution in [0, 0.1) is 0 Å². The van der Waals surface area contributed by atoms with Crippen molar-refractivity contribution >= 4 is 23.1 Å². The van der Waals surface area contributed by atoms with Crippen LogP contribution in [-0.4, -0.2) is 17.7 Å². The molecule has 0 aliphatic carbocycles. The second-order valence-electron chi connectivity index (χ2n) is 4.46. The van der Waals surface area contributed by atoms with Crippen LogP contribution in [0.25, 0.3) is 0 Å². The largest absolute Gasteiger partial charge is 0.384 e. The van der Waals surface area contributed by atoms with Crippen molar-refractivity contribution in [3.05, 3.63) is 52.7 Å². The molecule has 3 N–H and O–H groups in total. The van der Waals surface area contributed by atoms with Gasteiger partial charge in [-0.1, -0.05) is 30.3 Å². The first-order chi connectivity index (χ1) is 9.08. The molecule has 1 aromatic carbocycles. The number of anilines is 1. The lowest BCUT2D eigenvalue weighted by atomic mass is 9.96. The maximum absolute atomic E-state index is 11.7. The molecule has 0 bridgehead atoms. The number of aliphatic hydroxyl groups is 1. The zero-order valence-electron chi connectivity index (χ0n) is 10.6. The molecule has 1 unspecified atom stereocenters. The number of nitrogens with one attached hydrogen (secondary N) is 2. The summed E-state index contributed by atoms with van der Waals surface area (Å²) in [7, 11) is 0. The molecule has 0 spiro atoms. The van der Waals surface area contributed by atoms with Crippen LogP contribution in [0.3, 0.4) is 0 Å². The Morgan fingerprint density at radius 1 is 1.32 bits per heavy atom. The molecule has 2 amide bonds. The second-order valence-corrected chi connectivity index (χ2v) is 5.24. The number of carbonyl (C=O) groups is 1. The minimum Gasteiger partial charge on any atom is -0.384 e. The summed E-state index contributed by atoms with van der Waals surface area (Å²) in [5, 5.41) is 19.4. The van der Waals surface area contributed by atoms with E-state index < -0.39 is 5.60 Å². The molecule has 0 saturated heterocycles. The smallest absolute Gasteiger partial charge is 0.319 e. The summed E-state index contributed by atoms with van der Waals surface area (Å²) in [6, 6.07) is 10.8. The van der Waals surface area contributed by atoms with Crippen molar-refractivity contribution in [2.45, 2.75) is 12.5 Å². The molecule has 0 fully saturated rings. The van der Waals surface area contributed by atoms with E-state index >= 15 is 0 Å². The van der Waals surface area contributed by atoms with Gasteiger partial charge in [-0.15, -0.1) is 0 Å². The number of carbonyl (C=O) groups excluding carboxylic acids is 1. The Hall–Kier alpha value is -1.85. The lowest BCUT2D eigenvalue weighted by Gasteiger charge is -2.24. The monoisotopic (exact) mass is 276 g/mol. The number of amides is 2. The van der Waals surface area contributed by atoms with E-state index in [0.717, 1.165) is 11.3 Å². The first-order valence-corrected chi connectivity index (χ1v) is 6.87. The first-order valence-electron chi connectivity index (χ1n) is 5.93. The van der Waals surface area contributed by atoms with Crippen LogP contribution < -0.4 is 10.6 Å². The Balaban J connectivity index is 1.89. The van der Waals surface area contributed by atoms with Crippen LogP contribution in [0.15, 0.2) is 47.2 Å². The van der Waals surface area contributed by atoms with E-state index in [1.807, 2.05) is 47.2 Å². The highest BCUT2D eigenvalue weighted by atomic mass is 32.1. The Morgan fingerprint density at radius 3 is 2.68 bits per heavy atom. The maximum Gasteiger partial charge on any atom is 0.319 e. The summed E-state index contributed by atoms with van der Waals surface area (Å²) in [6.07, 6.45) is 0. The van der Waals surface area contributed by atoms with Crippen molar-refractivity contribution in [1.82, 2.24) is 5.32 Å². The topological polar surface area (TPSA) is 61.4 Å². The summed E-state index contributed by atoms with van der Waals surface area (Å²) in [6.45, 7) is 1.82. The van der Waals surface area contributed by atoms with Gasteiger partial charge >= 0.3 is 6.03 Å². The van der Waals surface area contributed by atoms with E-state index in [2.05, 4.69) is 10.6 Å². The van der Waals surface area contributed by atoms with Crippen LogP contribution >= 0.6 is 11.3 Å².